The van der Waals surface area contributed by atoms with Gasteiger partial charge in [-0.2, -0.15) is 4.52 Å². The van der Waals surface area contributed by atoms with E-state index in [9.17, 15) is 4.39 Å². The number of anilines is 1. The van der Waals surface area contributed by atoms with Crippen molar-refractivity contribution in [2.24, 2.45) is 0 Å². The second kappa shape index (κ2) is 8.55. The Kier molecular flexibility index (Phi) is 5.69. The van der Waals surface area contributed by atoms with Crippen LogP contribution in [0.25, 0.3) is 17.0 Å². The summed E-state index contributed by atoms with van der Waals surface area (Å²) in [5, 5.41) is 16.9. The van der Waals surface area contributed by atoms with Gasteiger partial charge in [-0.25, -0.2) is 4.39 Å². The van der Waals surface area contributed by atoms with E-state index in [4.69, 9.17) is 16.3 Å². The molecule has 0 aliphatic rings. The number of hydrogen-bond donors (Lipinski definition) is 1. The van der Waals surface area contributed by atoms with Gasteiger partial charge in [0.1, 0.15) is 11.6 Å². The zero-order chi connectivity index (χ0) is 20.2. The number of fused-ring (bicyclic) bond motifs is 1. The first-order chi connectivity index (χ1) is 14.2. The lowest BCUT2D eigenvalue weighted by molar-refractivity contribution is 0.190. The molecule has 4 rings (SSSR count). The molecule has 4 aromatic rings. The molecule has 0 aliphatic carbocycles. The molecule has 2 aromatic heterocycles. The molecule has 2 aromatic carbocycles. The van der Waals surface area contributed by atoms with Crippen molar-refractivity contribution >= 4 is 23.1 Å². The van der Waals surface area contributed by atoms with Crippen molar-refractivity contribution in [3.63, 3.8) is 0 Å². The van der Waals surface area contributed by atoms with Gasteiger partial charge < -0.3 is 10.1 Å². The van der Waals surface area contributed by atoms with Crippen molar-refractivity contribution in [1.29, 1.82) is 0 Å². The number of rotatable bonds is 7. The van der Waals surface area contributed by atoms with Crippen LogP contribution in [0.2, 0.25) is 5.02 Å². The molecule has 0 saturated carbocycles. The Balaban J connectivity index is 1.68. The Bertz CT molecular complexity index is 1120. The summed E-state index contributed by atoms with van der Waals surface area (Å²) in [6, 6.07) is 17.7. The molecule has 0 amide bonds. The van der Waals surface area contributed by atoms with E-state index in [0.717, 1.165) is 12.0 Å². The molecular weight excluding hydrogens is 393 g/mol. The number of methoxy groups -OCH3 is 1. The predicted octanol–water partition coefficient (Wildman–Crippen LogP) is 4.77. The number of ether oxygens (including phenoxy) is 1. The third-order valence-electron chi connectivity index (χ3n) is 4.58. The summed E-state index contributed by atoms with van der Waals surface area (Å²) >= 11 is 6.02. The lowest BCUT2D eigenvalue weighted by Gasteiger charge is -2.19. The molecule has 8 heteroatoms. The van der Waals surface area contributed by atoms with E-state index >= 15 is 0 Å². The van der Waals surface area contributed by atoms with E-state index < -0.39 is 0 Å². The van der Waals surface area contributed by atoms with Gasteiger partial charge in [-0.1, -0.05) is 35.9 Å². The molecule has 0 radical (unpaired) electrons. The lowest BCUT2D eigenvalue weighted by Crippen LogP contribution is -2.15. The molecule has 0 fully saturated rings. The van der Waals surface area contributed by atoms with Gasteiger partial charge in [0.25, 0.3) is 0 Å². The van der Waals surface area contributed by atoms with E-state index in [0.29, 0.717) is 34.5 Å². The van der Waals surface area contributed by atoms with Crippen molar-refractivity contribution in [2.75, 3.05) is 19.0 Å². The molecule has 6 nitrogen and oxygen atoms in total. The summed E-state index contributed by atoms with van der Waals surface area (Å²) < 4.78 is 21.0. The summed E-state index contributed by atoms with van der Waals surface area (Å²) in [6.45, 7) is 0.579. The summed E-state index contributed by atoms with van der Waals surface area (Å²) in [6.07, 6.45) is 0.736. The first-order valence-corrected chi connectivity index (χ1v) is 9.52. The molecule has 148 valence electrons. The fourth-order valence-electron chi connectivity index (χ4n) is 3.11. The first kappa shape index (κ1) is 19.3. The Labute approximate surface area is 172 Å². The van der Waals surface area contributed by atoms with Crippen LogP contribution in [0, 0.1) is 5.82 Å². The summed E-state index contributed by atoms with van der Waals surface area (Å²) in [7, 11) is 1.67. The normalized spacial score (nSPS) is 12.2. The monoisotopic (exact) mass is 411 g/mol. The highest BCUT2D eigenvalue weighted by atomic mass is 35.5. The second-order valence-corrected chi connectivity index (χ2v) is 6.96. The minimum atomic E-state index is -0.374. The van der Waals surface area contributed by atoms with Gasteiger partial charge in [-0.05, 0) is 48.4 Å². The van der Waals surface area contributed by atoms with Crippen molar-refractivity contribution in [2.45, 2.75) is 12.5 Å². The van der Waals surface area contributed by atoms with Gasteiger partial charge in [-0.3, -0.25) is 0 Å². The number of hydrogen-bond acceptors (Lipinski definition) is 5. The van der Waals surface area contributed by atoms with E-state index in [1.54, 1.807) is 31.4 Å². The van der Waals surface area contributed by atoms with Crippen LogP contribution in [0.15, 0.2) is 60.7 Å². The second-order valence-electron chi connectivity index (χ2n) is 6.52. The van der Waals surface area contributed by atoms with E-state index in [1.807, 2.05) is 30.3 Å². The largest absolute Gasteiger partial charge is 0.385 e. The molecule has 1 atom stereocenters. The number of nitrogens with one attached hydrogen (secondary N) is 1. The van der Waals surface area contributed by atoms with Gasteiger partial charge in [0, 0.05) is 18.7 Å². The third-order valence-corrected chi connectivity index (χ3v) is 4.83. The Morgan fingerprint density at radius 3 is 2.62 bits per heavy atom. The maximum absolute atomic E-state index is 14.2. The molecule has 0 aliphatic heterocycles. The number of aromatic nitrogens is 4. The van der Waals surface area contributed by atoms with Gasteiger partial charge in [-0.15, -0.1) is 15.3 Å². The maximum atomic E-state index is 14.2. The summed E-state index contributed by atoms with van der Waals surface area (Å²) in [5.41, 5.74) is 1.94. The molecule has 0 spiro atoms. The molecule has 1 unspecified atom stereocenters. The van der Waals surface area contributed by atoms with Gasteiger partial charge in [0.15, 0.2) is 11.5 Å². The SMILES string of the molecule is COCCC(Nc1ccc2nnc(-c3ccccc3F)n2n1)c1ccc(Cl)cc1. The summed E-state index contributed by atoms with van der Waals surface area (Å²) in [5.74, 6) is 0.591. The van der Waals surface area contributed by atoms with E-state index in [-0.39, 0.29) is 11.9 Å². The van der Waals surface area contributed by atoms with E-state index in [1.165, 1.54) is 10.6 Å². The smallest absolute Gasteiger partial charge is 0.188 e. The molecule has 0 saturated heterocycles. The van der Waals surface area contributed by atoms with Crippen molar-refractivity contribution in [1.82, 2.24) is 19.8 Å². The minimum Gasteiger partial charge on any atom is -0.385 e. The van der Waals surface area contributed by atoms with Crippen molar-refractivity contribution < 1.29 is 9.13 Å². The van der Waals surface area contributed by atoms with Crippen LogP contribution in [-0.2, 0) is 4.74 Å². The van der Waals surface area contributed by atoms with Crippen LogP contribution in [0.3, 0.4) is 0 Å². The van der Waals surface area contributed by atoms with Crippen LogP contribution in [0.1, 0.15) is 18.0 Å². The summed E-state index contributed by atoms with van der Waals surface area (Å²) in [4.78, 5) is 0. The van der Waals surface area contributed by atoms with Crippen LogP contribution >= 0.6 is 11.6 Å². The number of nitrogens with zero attached hydrogens (tertiary/aromatic N) is 4. The highest BCUT2D eigenvalue weighted by Gasteiger charge is 2.16. The van der Waals surface area contributed by atoms with Gasteiger partial charge in [0.2, 0.25) is 0 Å². The molecule has 2 heterocycles. The van der Waals surface area contributed by atoms with Crippen LogP contribution < -0.4 is 5.32 Å². The Hall–Kier alpha value is -3.03. The van der Waals surface area contributed by atoms with Crippen LogP contribution in [-0.4, -0.2) is 33.5 Å². The van der Waals surface area contributed by atoms with Crippen LogP contribution in [0.5, 0.6) is 0 Å². The lowest BCUT2D eigenvalue weighted by atomic mass is 10.0. The number of halogens is 2. The third kappa shape index (κ3) is 4.21. The molecule has 0 bridgehead atoms. The zero-order valence-electron chi connectivity index (χ0n) is 15.7. The molecule has 1 N–H and O–H groups in total. The van der Waals surface area contributed by atoms with Gasteiger partial charge >= 0.3 is 0 Å². The molecule has 29 heavy (non-hydrogen) atoms. The maximum Gasteiger partial charge on any atom is 0.188 e. The average Bonchev–Trinajstić information content (AvgIpc) is 3.15. The average molecular weight is 412 g/mol. The quantitative estimate of drug-likeness (QED) is 0.474. The zero-order valence-corrected chi connectivity index (χ0v) is 16.5. The number of benzene rings is 2. The standard InChI is InChI=1S/C21H19ClFN5O/c1-29-13-12-18(14-6-8-15(22)9-7-14)24-19-10-11-20-25-26-21(28(20)27-19)16-4-2-3-5-17(16)23/h2-11,18H,12-13H2,1H3,(H,24,27). The predicted molar refractivity (Wildman–Crippen MR) is 110 cm³/mol. The van der Waals surface area contributed by atoms with E-state index in [2.05, 4.69) is 20.6 Å². The fraction of sp³-hybridized carbons (Fsp3) is 0.190. The van der Waals surface area contributed by atoms with Crippen molar-refractivity contribution in [3.05, 3.63) is 77.1 Å². The highest BCUT2D eigenvalue weighted by molar-refractivity contribution is 6.30. The first-order valence-electron chi connectivity index (χ1n) is 9.14. The Morgan fingerprint density at radius 1 is 1.07 bits per heavy atom. The fourth-order valence-corrected chi connectivity index (χ4v) is 3.23. The van der Waals surface area contributed by atoms with Crippen molar-refractivity contribution in [3.8, 4) is 11.4 Å². The Morgan fingerprint density at radius 2 is 1.86 bits per heavy atom. The van der Waals surface area contributed by atoms with Crippen LogP contribution in [0.4, 0.5) is 10.2 Å². The topological polar surface area (TPSA) is 64.3 Å². The minimum absolute atomic E-state index is 0.0365. The van der Waals surface area contributed by atoms with Gasteiger partial charge in [0.05, 0.1) is 11.6 Å². The molecular formula is C21H19ClFN5O. The highest BCUT2D eigenvalue weighted by Crippen LogP contribution is 2.25.